The van der Waals surface area contributed by atoms with E-state index in [1.54, 1.807) is 0 Å². The minimum absolute atomic E-state index is 0.125. The molecule has 0 aliphatic heterocycles. The van der Waals surface area contributed by atoms with Crippen molar-refractivity contribution in [2.75, 3.05) is 13.2 Å². The molecule has 0 aliphatic rings. The molecule has 0 fully saturated rings. The highest BCUT2D eigenvalue weighted by atomic mass is 16.5. The van der Waals surface area contributed by atoms with E-state index in [0.29, 0.717) is 0 Å². The first kappa shape index (κ1) is 58.0. The monoisotopic (exact) mass is 1070 g/mol. The van der Waals surface area contributed by atoms with Gasteiger partial charge < -0.3 is 9.47 Å². The van der Waals surface area contributed by atoms with Crippen LogP contribution >= 0.6 is 0 Å². The summed E-state index contributed by atoms with van der Waals surface area (Å²) in [6, 6.07) is 60.6. The van der Waals surface area contributed by atoms with Gasteiger partial charge in [0.25, 0.3) is 0 Å². The zero-order valence-electron chi connectivity index (χ0n) is 50.1. The summed E-state index contributed by atoms with van der Waals surface area (Å²) in [4.78, 5) is 0. The SMILES string of the molecule is CCCCCCOc1ccc(C#Cc2cc(C(C)(C)C)cc(C#Cc3ccc(OCCCCCC)cc3)c2-c2ccc3cc4cc(-c5c(C#Cc6ccc(C)cc6)cc(C(C)(C)C)cc5C#Cc5ccc(C)cc5)ccc4cc3c2)cc1. The fourth-order valence-electron chi connectivity index (χ4n) is 10.0. The Morgan fingerprint density at radius 2 is 0.634 bits per heavy atom. The van der Waals surface area contributed by atoms with Crippen molar-refractivity contribution in [2.24, 2.45) is 0 Å². The predicted molar refractivity (Wildman–Crippen MR) is 348 cm³/mol. The third-order valence-corrected chi connectivity index (χ3v) is 15.1. The molecule has 0 saturated carbocycles. The van der Waals surface area contributed by atoms with E-state index in [4.69, 9.17) is 9.47 Å². The van der Waals surface area contributed by atoms with Crippen LogP contribution in [0, 0.1) is 61.2 Å². The Balaban J connectivity index is 1.15. The summed E-state index contributed by atoms with van der Waals surface area (Å²) in [7, 11) is 0. The van der Waals surface area contributed by atoms with Crippen LogP contribution in [0.25, 0.3) is 43.8 Å². The van der Waals surface area contributed by atoms with Gasteiger partial charge >= 0.3 is 0 Å². The minimum atomic E-state index is -0.156. The zero-order valence-corrected chi connectivity index (χ0v) is 50.1. The summed E-state index contributed by atoms with van der Waals surface area (Å²) < 4.78 is 12.2. The van der Waals surface area contributed by atoms with E-state index >= 15 is 0 Å². The maximum absolute atomic E-state index is 6.10. The first-order valence-electron chi connectivity index (χ1n) is 29.6. The van der Waals surface area contributed by atoms with Crippen LogP contribution < -0.4 is 9.47 Å². The van der Waals surface area contributed by atoms with Crippen LogP contribution in [-0.2, 0) is 10.8 Å². The summed E-state index contributed by atoms with van der Waals surface area (Å²) in [6.07, 6.45) is 9.38. The minimum Gasteiger partial charge on any atom is -0.494 e. The van der Waals surface area contributed by atoms with Gasteiger partial charge in [0, 0.05) is 55.6 Å². The van der Waals surface area contributed by atoms with Gasteiger partial charge in [0.15, 0.2) is 0 Å². The maximum Gasteiger partial charge on any atom is 0.119 e. The molecule has 0 bridgehead atoms. The van der Waals surface area contributed by atoms with E-state index in [1.165, 1.54) is 60.8 Å². The Kier molecular flexibility index (Phi) is 18.9. The van der Waals surface area contributed by atoms with Gasteiger partial charge in [-0.05, 0) is 203 Å². The van der Waals surface area contributed by atoms with Gasteiger partial charge in [-0.1, -0.05) is 201 Å². The smallest absolute Gasteiger partial charge is 0.119 e. The number of unbranched alkanes of at least 4 members (excludes halogenated alkanes) is 6. The van der Waals surface area contributed by atoms with Crippen LogP contribution in [0.2, 0.25) is 0 Å². The number of ether oxygens (including phenoxy) is 2. The molecule has 9 aromatic carbocycles. The lowest BCUT2D eigenvalue weighted by atomic mass is 9.81. The second kappa shape index (κ2) is 26.7. The number of hydrogen-bond donors (Lipinski definition) is 0. The molecule has 0 aromatic heterocycles. The third-order valence-electron chi connectivity index (χ3n) is 15.1. The van der Waals surface area contributed by atoms with Gasteiger partial charge in [0.1, 0.15) is 11.5 Å². The molecule has 2 heteroatoms. The lowest BCUT2D eigenvalue weighted by Crippen LogP contribution is -2.12. The summed E-state index contributed by atoms with van der Waals surface area (Å²) in [5.74, 6) is 30.5. The van der Waals surface area contributed by atoms with Crippen molar-refractivity contribution in [2.45, 2.75) is 131 Å². The number of aryl methyl sites for hydroxylation is 2. The van der Waals surface area contributed by atoms with Crippen molar-refractivity contribution in [1.82, 2.24) is 0 Å². The molecular weight excluding hydrogens is 993 g/mol. The molecule has 0 saturated heterocycles. The molecule has 0 atom stereocenters. The van der Waals surface area contributed by atoms with Crippen molar-refractivity contribution in [3.63, 3.8) is 0 Å². The fourth-order valence-corrected chi connectivity index (χ4v) is 10.0. The van der Waals surface area contributed by atoms with Gasteiger partial charge in [-0.3, -0.25) is 0 Å². The molecule has 0 amide bonds. The van der Waals surface area contributed by atoms with Crippen molar-refractivity contribution in [3.8, 4) is 81.1 Å². The van der Waals surface area contributed by atoms with Gasteiger partial charge in [-0.25, -0.2) is 0 Å². The topological polar surface area (TPSA) is 18.5 Å². The molecule has 2 nitrogen and oxygen atoms in total. The normalized spacial score (nSPS) is 11.1. The van der Waals surface area contributed by atoms with Crippen LogP contribution in [0.4, 0.5) is 0 Å². The lowest BCUT2D eigenvalue weighted by Gasteiger charge is -2.22. The molecule has 9 aromatic rings. The molecule has 0 N–H and O–H groups in total. The van der Waals surface area contributed by atoms with Gasteiger partial charge in [0.2, 0.25) is 0 Å². The molecule has 410 valence electrons. The Morgan fingerprint density at radius 3 is 0.939 bits per heavy atom. The highest BCUT2D eigenvalue weighted by Crippen LogP contribution is 2.38. The first-order chi connectivity index (χ1) is 39.6. The second-order valence-corrected chi connectivity index (χ2v) is 24.0. The number of fused-ring (bicyclic) bond motifs is 2. The summed E-state index contributed by atoms with van der Waals surface area (Å²) in [5, 5.41) is 4.56. The molecule has 0 heterocycles. The maximum atomic E-state index is 6.10. The lowest BCUT2D eigenvalue weighted by molar-refractivity contribution is 0.305. The van der Waals surface area contributed by atoms with E-state index in [2.05, 4.69) is 262 Å². The first-order valence-corrected chi connectivity index (χ1v) is 29.6. The molecule has 0 radical (unpaired) electrons. The Hall–Kier alpha value is -8.66. The number of benzene rings is 9. The number of hydrogen-bond acceptors (Lipinski definition) is 2. The van der Waals surface area contributed by atoms with Crippen molar-refractivity contribution in [3.05, 3.63) is 237 Å². The molecule has 9 rings (SSSR count). The van der Waals surface area contributed by atoms with Crippen molar-refractivity contribution in [1.29, 1.82) is 0 Å². The van der Waals surface area contributed by atoms with E-state index in [0.717, 1.165) is 126 Å². The van der Waals surface area contributed by atoms with Crippen LogP contribution in [0.3, 0.4) is 0 Å². The average Bonchev–Trinajstić information content (AvgIpc) is 3.42. The van der Waals surface area contributed by atoms with Crippen LogP contribution in [0.1, 0.15) is 174 Å². The molecule has 0 unspecified atom stereocenters. The Morgan fingerprint density at radius 1 is 0.317 bits per heavy atom. The molecule has 0 aliphatic carbocycles. The van der Waals surface area contributed by atoms with Crippen molar-refractivity contribution < 1.29 is 9.47 Å². The van der Waals surface area contributed by atoms with Crippen molar-refractivity contribution >= 4 is 21.5 Å². The van der Waals surface area contributed by atoms with E-state index < -0.39 is 0 Å². The predicted octanol–water partition coefficient (Wildman–Crippen LogP) is 20.1. The summed E-state index contributed by atoms with van der Waals surface area (Å²) >= 11 is 0. The third kappa shape index (κ3) is 15.4. The van der Waals surface area contributed by atoms with E-state index in [9.17, 15) is 0 Å². The average molecular weight is 1070 g/mol. The second-order valence-electron chi connectivity index (χ2n) is 24.0. The highest BCUT2D eigenvalue weighted by Gasteiger charge is 2.22. The molecule has 82 heavy (non-hydrogen) atoms. The van der Waals surface area contributed by atoms with Gasteiger partial charge in [0.05, 0.1) is 13.2 Å². The standard InChI is InChI=1S/C80H78O2/c1-11-13-15-17-47-81-75-43-31-61(32-44-75)29-37-69-55-74(80(8,9)10)56-70(38-30-62-33-45-76(46-34-62)82-48-18-16-14-12-2)78(69)66-42-40-64-49-71-51-65(41-39-63(71)50-72(64)52-66)77-67(35-27-59-23-19-57(3)20-24-59)53-73(79(5,6)7)54-68(77)36-28-60-25-21-58(4)22-26-60/h19-26,31-34,39-46,49-56H,11-18,47-48H2,1-10H3. The van der Waals surface area contributed by atoms with Crippen LogP contribution in [0.5, 0.6) is 11.5 Å². The fraction of sp³-hybridized carbons (Fsp3) is 0.275. The quantitative estimate of drug-likeness (QED) is 0.0614. The Labute approximate surface area is 490 Å². The number of rotatable bonds is 14. The highest BCUT2D eigenvalue weighted by molar-refractivity contribution is 6.02. The summed E-state index contributed by atoms with van der Waals surface area (Å²) in [5.41, 5.74) is 16.3. The van der Waals surface area contributed by atoms with Gasteiger partial charge in [-0.15, -0.1) is 0 Å². The molecular formula is C80H78O2. The van der Waals surface area contributed by atoms with Gasteiger partial charge in [-0.2, -0.15) is 0 Å². The largest absolute Gasteiger partial charge is 0.494 e. The Bertz CT molecular complexity index is 3780. The summed E-state index contributed by atoms with van der Waals surface area (Å²) in [6.45, 7) is 23.7. The van der Waals surface area contributed by atoms with E-state index in [-0.39, 0.29) is 10.8 Å². The zero-order chi connectivity index (χ0) is 57.6. The van der Waals surface area contributed by atoms with E-state index in [1.807, 2.05) is 24.3 Å². The van der Waals surface area contributed by atoms with Crippen LogP contribution in [0.15, 0.2) is 170 Å². The molecule has 0 spiro atoms. The van der Waals surface area contributed by atoms with Crippen LogP contribution in [-0.4, -0.2) is 13.2 Å².